The average molecular weight is 454 g/mol. The molecular formula is C22H18N2O7S. The molecule has 1 aliphatic rings. The van der Waals surface area contributed by atoms with Gasteiger partial charge < -0.3 is 19.2 Å². The highest BCUT2D eigenvalue weighted by Gasteiger charge is 2.31. The minimum absolute atomic E-state index is 0.163. The Balaban J connectivity index is 1.53. The molecule has 1 fully saturated rings. The van der Waals surface area contributed by atoms with E-state index in [9.17, 15) is 19.2 Å². The summed E-state index contributed by atoms with van der Waals surface area (Å²) in [5.41, 5.74) is 1.05. The lowest BCUT2D eigenvalue weighted by Gasteiger charge is -2.10. The maximum absolute atomic E-state index is 12.7. The van der Waals surface area contributed by atoms with Gasteiger partial charge in [0.25, 0.3) is 11.1 Å². The van der Waals surface area contributed by atoms with Gasteiger partial charge in [-0.05, 0) is 24.1 Å². The zero-order valence-electron chi connectivity index (χ0n) is 17.1. The van der Waals surface area contributed by atoms with Crippen molar-refractivity contribution in [1.82, 2.24) is 5.32 Å². The summed E-state index contributed by atoms with van der Waals surface area (Å²) in [7, 11) is 2.89. The molecule has 2 aromatic carbocycles. The van der Waals surface area contributed by atoms with Crippen LogP contribution in [-0.4, -0.2) is 36.5 Å². The van der Waals surface area contributed by atoms with Gasteiger partial charge in [-0.25, -0.2) is 0 Å². The first-order chi connectivity index (χ1) is 15.4. The van der Waals surface area contributed by atoms with Gasteiger partial charge in [0.2, 0.25) is 5.91 Å². The number of carbonyl (C=O) groups is 3. The van der Waals surface area contributed by atoms with Gasteiger partial charge in [0, 0.05) is 23.9 Å². The molecule has 1 saturated heterocycles. The molecule has 3 amide bonds. The maximum atomic E-state index is 12.7. The predicted molar refractivity (Wildman–Crippen MR) is 119 cm³/mol. The van der Waals surface area contributed by atoms with Gasteiger partial charge in [-0.15, -0.1) is 0 Å². The Morgan fingerprint density at radius 3 is 2.47 bits per heavy atom. The summed E-state index contributed by atoms with van der Waals surface area (Å²) in [6.07, 6.45) is 0.389. The van der Waals surface area contributed by atoms with Crippen molar-refractivity contribution in [3.63, 3.8) is 0 Å². The first kappa shape index (κ1) is 21.4. The number of nitrogens with one attached hydrogen (secondary N) is 2. The second-order valence-corrected chi connectivity index (χ2v) is 8.09. The number of fused-ring (bicyclic) bond motifs is 1. The van der Waals surface area contributed by atoms with Crippen molar-refractivity contribution >= 4 is 45.5 Å². The molecule has 9 nitrogen and oxygen atoms in total. The number of methoxy groups -OCH3 is 2. The number of imide groups is 1. The van der Waals surface area contributed by atoms with Crippen LogP contribution in [-0.2, 0) is 11.2 Å². The molecule has 1 atom stereocenters. The number of anilines is 1. The standard InChI is InChI=1S/C22H18N2O7S/c1-29-13-8-15(30-2)19-14(25)10-17(31-16(19)9-13)20(26)23-12-5-3-11(4-6-12)7-18-21(27)24-22(28)32-18/h3-6,8-10,18H,7H2,1-2H3,(H,23,26)(H,24,27,28). The van der Waals surface area contributed by atoms with Crippen LogP contribution in [0.2, 0.25) is 0 Å². The van der Waals surface area contributed by atoms with E-state index < -0.39 is 16.6 Å². The van der Waals surface area contributed by atoms with Crippen molar-refractivity contribution in [2.45, 2.75) is 11.7 Å². The number of benzene rings is 2. The molecule has 0 aliphatic carbocycles. The van der Waals surface area contributed by atoms with Gasteiger partial charge in [0.15, 0.2) is 11.2 Å². The molecule has 10 heteroatoms. The quantitative estimate of drug-likeness (QED) is 0.583. The van der Waals surface area contributed by atoms with Crippen LogP contribution in [0.3, 0.4) is 0 Å². The van der Waals surface area contributed by atoms with E-state index in [1.807, 2.05) is 0 Å². The third-order valence-electron chi connectivity index (χ3n) is 4.85. The van der Waals surface area contributed by atoms with E-state index in [4.69, 9.17) is 13.9 Å². The van der Waals surface area contributed by atoms with Crippen LogP contribution < -0.4 is 25.5 Å². The molecule has 1 aliphatic heterocycles. The van der Waals surface area contributed by atoms with E-state index in [2.05, 4.69) is 10.6 Å². The van der Waals surface area contributed by atoms with Gasteiger partial charge in [-0.2, -0.15) is 0 Å². The van der Waals surface area contributed by atoms with Crippen molar-refractivity contribution < 1.29 is 28.3 Å². The SMILES string of the molecule is COc1cc(OC)c2c(=O)cc(C(=O)Nc3ccc(CC4SC(=O)NC4=O)cc3)oc2c1. The first-order valence-electron chi connectivity index (χ1n) is 9.49. The normalized spacial score (nSPS) is 15.5. The zero-order chi connectivity index (χ0) is 22.8. The van der Waals surface area contributed by atoms with Crippen LogP contribution in [0.4, 0.5) is 10.5 Å². The Bertz CT molecular complexity index is 1280. The summed E-state index contributed by atoms with van der Waals surface area (Å²) in [4.78, 5) is 48.2. The van der Waals surface area contributed by atoms with E-state index in [1.165, 1.54) is 20.3 Å². The summed E-state index contributed by atoms with van der Waals surface area (Å²) in [6.45, 7) is 0. The lowest BCUT2D eigenvalue weighted by Crippen LogP contribution is -2.25. The number of carbonyl (C=O) groups excluding carboxylic acids is 3. The van der Waals surface area contributed by atoms with Crippen LogP contribution >= 0.6 is 11.8 Å². The number of ether oxygens (including phenoxy) is 2. The van der Waals surface area contributed by atoms with Gasteiger partial charge in [0.05, 0.1) is 19.5 Å². The molecule has 32 heavy (non-hydrogen) atoms. The molecule has 4 rings (SSSR count). The summed E-state index contributed by atoms with van der Waals surface area (Å²) in [5, 5.41) is 4.31. The Morgan fingerprint density at radius 2 is 1.84 bits per heavy atom. The van der Waals surface area contributed by atoms with Crippen molar-refractivity contribution in [3.05, 3.63) is 64.0 Å². The molecule has 3 aromatic rings. The smallest absolute Gasteiger partial charge is 0.291 e. The van der Waals surface area contributed by atoms with Crippen LogP contribution in [0.5, 0.6) is 11.5 Å². The lowest BCUT2D eigenvalue weighted by molar-refractivity contribution is -0.118. The second-order valence-electron chi connectivity index (χ2n) is 6.92. The Kier molecular flexibility index (Phi) is 5.87. The molecule has 164 valence electrons. The van der Waals surface area contributed by atoms with E-state index in [0.717, 1.165) is 23.4 Å². The van der Waals surface area contributed by atoms with E-state index in [-0.39, 0.29) is 33.6 Å². The van der Waals surface area contributed by atoms with Crippen LogP contribution in [0, 0.1) is 0 Å². The Hall–Kier alpha value is -3.79. The highest BCUT2D eigenvalue weighted by atomic mass is 32.2. The molecule has 0 saturated carbocycles. The molecule has 2 heterocycles. The van der Waals surface area contributed by atoms with Gasteiger partial charge in [0.1, 0.15) is 22.5 Å². The fraction of sp³-hybridized carbons (Fsp3) is 0.182. The van der Waals surface area contributed by atoms with Gasteiger partial charge in [-0.3, -0.25) is 24.5 Å². The van der Waals surface area contributed by atoms with Crippen LogP contribution in [0.15, 0.2) is 51.7 Å². The number of rotatable bonds is 6. The molecular weight excluding hydrogens is 436 g/mol. The van der Waals surface area contributed by atoms with Crippen LogP contribution in [0.25, 0.3) is 11.0 Å². The van der Waals surface area contributed by atoms with Crippen molar-refractivity contribution in [3.8, 4) is 11.5 Å². The number of amides is 3. The molecule has 0 spiro atoms. The Labute approximate surface area is 186 Å². The van der Waals surface area contributed by atoms with Gasteiger partial charge >= 0.3 is 0 Å². The maximum Gasteiger partial charge on any atom is 0.291 e. The first-order valence-corrected chi connectivity index (χ1v) is 10.4. The highest BCUT2D eigenvalue weighted by Crippen LogP contribution is 2.29. The molecule has 2 N–H and O–H groups in total. The minimum atomic E-state index is -0.602. The monoisotopic (exact) mass is 454 g/mol. The predicted octanol–water partition coefficient (Wildman–Crippen LogP) is 2.96. The fourth-order valence-corrected chi connectivity index (χ4v) is 4.14. The number of thioether (sulfide) groups is 1. The number of hydrogen-bond donors (Lipinski definition) is 2. The van der Waals surface area contributed by atoms with E-state index in [0.29, 0.717) is 17.9 Å². The topological polar surface area (TPSA) is 124 Å². The van der Waals surface area contributed by atoms with Crippen molar-refractivity contribution in [2.24, 2.45) is 0 Å². The van der Waals surface area contributed by atoms with E-state index in [1.54, 1.807) is 30.3 Å². The second kappa shape index (κ2) is 8.75. The van der Waals surface area contributed by atoms with Crippen molar-refractivity contribution in [2.75, 3.05) is 19.5 Å². The van der Waals surface area contributed by atoms with Gasteiger partial charge in [-0.1, -0.05) is 23.9 Å². The summed E-state index contributed by atoms with van der Waals surface area (Å²) in [5.74, 6) is -0.376. The Morgan fingerprint density at radius 1 is 1.09 bits per heavy atom. The summed E-state index contributed by atoms with van der Waals surface area (Å²) >= 11 is 0.959. The molecule has 0 bridgehead atoms. The third kappa shape index (κ3) is 4.30. The highest BCUT2D eigenvalue weighted by molar-refractivity contribution is 8.15. The average Bonchev–Trinajstić information content (AvgIpc) is 3.10. The molecule has 1 aromatic heterocycles. The summed E-state index contributed by atoms with van der Waals surface area (Å²) < 4.78 is 16.1. The van der Waals surface area contributed by atoms with Crippen LogP contribution in [0.1, 0.15) is 16.1 Å². The zero-order valence-corrected chi connectivity index (χ0v) is 17.9. The minimum Gasteiger partial charge on any atom is -0.496 e. The molecule has 1 unspecified atom stereocenters. The molecule has 0 radical (unpaired) electrons. The summed E-state index contributed by atoms with van der Waals surface area (Å²) in [6, 6.07) is 11.0. The van der Waals surface area contributed by atoms with E-state index >= 15 is 0 Å². The van der Waals surface area contributed by atoms with Crippen molar-refractivity contribution in [1.29, 1.82) is 0 Å². The number of hydrogen-bond acceptors (Lipinski definition) is 8. The largest absolute Gasteiger partial charge is 0.496 e. The third-order valence-corrected chi connectivity index (χ3v) is 5.83. The fourth-order valence-electron chi connectivity index (χ4n) is 3.28. The lowest BCUT2D eigenvalue weighted by atomic mass is 10.1.